The molecule has 0 unspecified atom stereocenters. The van der Waals surface area contributed by atoms with Gasteiger partial charge in [0, 0.05) is 13.1 Å². The molecule has 0 bridgehead atoms. The molecule has 0 saturated carbocycles. The predicted molar refractivity (Wildman–Crippen MR) is 120 cm³/mol. The lowest BCUT2D eigenvalue weighted by Gasteiger charge is -2.23. The van der Waals surface area contributed by atoms with E-state index < -0.39 is 10.0 Å². The normalized spacial score (nSPS) is 16.8. The van der Waals surface area contributed by atoms with Crippen molar-refractivity contribution in [2.24, 2.45) is 0 Å². The molecule has 1 fully saturated rings. The Morgan fingerprint density at radius 2 is 2.00 bits per heavy atom. The number of benzene rings is 2. The minimum absolute atomic E-state index is 0.135. The van der Waals surface area contributed by atoms with Crippen molar-refractivity contribution in [3.8, 4) is 0 Å². The van der Waals surface area contributed by atoms with E-state index in [4.69, 9.17) is 9.47 Å². The first kappa shape index (κ1) is 22.3. The number of aryl methyl sites for hydroxylation is 2. The summed E-state index contributed by atoms with van der Waals surface area (Å²) in [5, 5.41) is 2.88. The second-order valence-electron chi connectivity index (χ2n) is 7.49. The van der Waals surface area contributed by atoms with Crippen LogP contribution in [0.3, 0.4) is 0 Å². The van der Waals surface area contributed by atoms with Gasteiger partial charge in [0.2, 0.25) is 0 Å². The van der Waals surface area contributed by atoms with Gasteiger partial charge in [0.15, 0.2) is 0 Å². The van der Waals surface area contributed by atoms with Gasteiger partial charge in [-0.15, -0.1) is 0 Å². The Labute approximate surface area is 186 Å². The second kappa shape index (κ2) is 9.27. The van der Waals surface area contributed by atoms with E-state index in [1.54, 1.807) is 30.3 Å². The van der Waals surface area contributed by atoms with Gasteiger partial charge in [-0.1, -0.05) is 18.2 Å². The predicted octanol–water partition coefficient (Wildman–Crippen LogP) is 2.31. The van der Waals surface area contributed by atoms with E-state index in [1.807, 2.05) is 18.4 Å². The van der Waals surface area contributed by atoms with Gasteiger partial charge in [0.05, 0.1) is 53.1 Å². The first-order valence-corrected chi connectivity index (χ1v) is 11.9. The van der Waals surface area contributed by atoms with Crippen LogP contribution in [-0.4, -0.2) is 56.3 Å². The van der Waals surface area contributed by atoms with Gasteiger partial charge in [-0.25, -0.2) is 13.4 Å². The highest BCUT2D eigenvalue weighted by molar-refractivity contribution is 7.92. The van der Waals surface area contributed by atoms with Gasteiger partial charge < -0.3 is 19.4 Å². The monoisotopic (exact) mass is 458 g/mol. The van der Waals surface area contributed by atoms with E-state index in [1.165, 1.54) is 12.1 Å². The number of imidazole rings is 1. The minimum Gasteiger partial charge on any atom is -0.376 e. The second-order valence-corrected chi connectivity index (χ2v) is 9.17. The van der Waals surface area contributed by atoms with Gasteiger partial charge in [-0.05, 0) is 38.1 Å². The summed E-state index contributed by atoms with van der Waals surface area (Å²) in [4.78, 5) is 17.8. The van der Waals surface area contributed by atoms with Crippen molar-refractivity contribution in [1.82, 2.24) is 14.9 Å². The number of nitrogens with one attached hydrogen (secondary N) is 2. The summed E-state index contributed by atoms with van der Waals surface area (Å²) in [5.74, 6) is 0.406. The number of carbonyl (C=O) groups is 1. The fourth-order valence-electron chi connectivity index (χ4n) is 3.77. The minimum atomic E-state index is -3.82. The standard InChI is InChI=1S/C22H26N4O5S/c1-3-26-15(2)24-20-12-16(25-32(28,29)18-7-5-4-6-8-18)11-19(21(20)26)22(27)23-13-17-14-30-9-10-31-17/h4-8,11-12,17,25H,3,9-10,13-14H2,1-2H3,(H,23,27)/t17-/m1/s1. The molecule has 2 N–H and O–H groups in total. The van der Waals surface area contributed by atoms with Gasteiger partial charge in [-0.3, -0.25) is 9.52 Å². The molecule has 4 rings (SSSR count). The van der Waals surface area contributed by atoms with Crippen LogP contribution in [0.25, 0.3) is 11.0 Å². The molecule has 2 heterocycles. The van der Waals surface area contributed by atoms with E-state index in [9.17, 15) is 13.2 Å². The Kier molecular flexibility index (Phi) is 6.45. The van der Waals surface area contributed by atoms with Crippen LogP contribution in [0.2, 0.25) is 0 Å². The molecule has 1 saturated heterocycles. The molecule has 1 aliphatic rings. The molecule has 32 heavy (non-hydrogen) atoms. The fourth-order valence-corrected chi connectivity index (χ4v) is 4.83. The Bertz CT molecular complexity index is 1220. The maximum absolute atomic E-state index is 13.1. The zero-order valence-electron chi connectivity index (χ0n) is 18.0. The van der Waals surface area contributed by atoms with Crippen LogP contribution in [0.4, 0.5) is 5.69 Å². The number of ether oxygens (including phenoxy) is 2. The summed E-state index contributed by atoms with van der Waals surface area (Å²) < 4.78 is 41.1. The van der Waals surface area contributed by atoms with E-state index in [2.05, 4.69) is 15.0 Å². The molecule has 10 heteroatoms. The van der Waals surface area contributed by atoms with Crippen LogP contribution in [-0.2, 0) is 26.0 Å². The SMILES string of the molecule is CCn1c(C)nc2cc(NS(=O)(=O)c3ccccc3)cc(C(=O)NC[C@@H]3COCCO3)c21. The van der Waals surface area contributed by atoms with Crippen molar-refractivity contribution in [2.45, 2.75) is 31.4 Å². The summed E-state index contributed by atoms with van der Waals surface area (Å²) >= 11 is 0. The smallest absolute Gasteiger partial charge is 0.261 e. The van der Waals surface area contributed by atoms with Gasteiger partial charge in [-0.2, -0.15) is 0 Å². The molecule has 1 atom stereocenters. The Morgan fingerprint density at radius 1 is 1.22 bits per heavy atom. The summed E-state index contributed by atoms with van der Waals surface area (Å²) in [6.45, 7) is 6.18. The van der Waals surface area contributed by atoms with Gasteiger partial charge in [0.1, 0.15) is 5.82 Å². The highest BCUT2D eigenvalue weighted by Crippen LogP contribution is 2.27. The van der Waals surface area contributed by atoms with E-state index in [-0.39, 0.29) is 22.6 Å². The van der Waals surface area contributed by atoms with E-state index >= 15 is 0 Å². The molecule has 1 aromatic heterocycles. The van der Waals surface area contributed by atoms with Crippen LogP contribution < -0.4 is 10.0 Å². The van der Waals surface area contributed by atoms with Crippen LogP contribution in [0.5, 0.6) is 0 Å². The maximum Gasteiger partial charge on any atom is 0.261 e. The topological polar surface area (TPSA) is 112 Å². The zero-order valence-corrected chi connectivity index (χ0v) is 18.8. The molecule has 3 aromatic rings. The third-order valence-electron chi connectivity index (χ3n) is 5.27. The summed E-state index contributed by atoms with van der Waals surface area (Å²) in [6.07, 6.45) is -0.222. The number of hydrogen-bond donors (Lipinski definition) is 2. The molecule has 0 radical (unpaired) electrons. The fraction of sp³-hybridized carbons (Fsp3) is 0.364. The van der Waals surface area contributed by atoms with Crippen molar-refractivity contribution in [2.75, 3.05) is 31.1 Å². The Hall–Kier alpha value is -2.95. The zero-order chi connectivity index (χ0) is 22.7. The molecule has 1 aliphatic heterocycles. The van der Waals surface area contributed by atoms with Crippen LogP contribution in [0.1, 0.15) is 23.1 Å². The quantitative estimate of drug-likeness (QED) is 0.562. The van der Waals surface area contributed by atoms with Gasteiger partial charge in [0.25, 0.3) is 15.9 Å². The molecular formula is C22H26N4O5S. The first-order chi connectivity index (χ1) is 15.4. The number of anilines is 1. The van der Waals surface area contributed by atoms with Crippen LogP contribution in [0.15, 0.2) is 47.4 Å². The summed E-state index contributed by atoms with van der Waals surface area (Å²) in [7, 11) is -3.82. The lowest BCUT2D eigenvalue weighted by molar-refractivity contribution is -0.0855. The number of hydrogen-bond acceptors (Lipinski definition) is 6. The van der Waals surface area contributed by atoms with Crippen molar-refractivity contribution in [1.29, 1.82) is 0 Å². The molecule has 9 nitrogen and oxygen atoms in total. The molecular weight excluding hydrogens is 432 g/mol. The number of nitrogens with zero attached hydrogens (tertiary/aromatic N) is 2. The Balaban J connectivity index is 1.68. The molecule has 170 valence electrons. The number of aromatic nitrogens is 2. The molecule has 1 amide bonds. The summed E-state index contributed by atoms with van der Waals surface area (Å²) in [6, 6.07) is 11.3. The average molecular weight is 459 g/mol. The van der Waals surface area contributed by atoms with E-state index in [0.29, 0.717) is 49.5 Å². The van der Waals surface area contributed by atoms with Gasteiger partial charge >= 0.3 is 0 Å². The number of amides is 1. The highest BCUT2D eigenvalue weighted by atomic mass is 32.2. The van der Waals surface area contributed by atoms with Crippen molar-refractivity contribution < 1.29 is 22.7 Å². The highest BCUT2D eigenvalue weighted by Gasteiger charge is 2.22. The van der Waals surface area contributed by atoms with Crippen molar-refractivity contribution in [3.63, 3.8) is 0 Å². The number of fused-ring (bicyclic) bond motifs is 1. The maximum atomic E-state index is 13.1. The number of sulfonamides is 1. The number of rotatable bonds is 7. The van der Waals surface area contributed by atoms with Crippen molar-refractivity contribution >= 4 is 32.7 Å². The molecule has 2 aromatic carbocycles. The first-order valence-electron chi connectivity index (χ1n) is 10.5. The van der Waals surface area contributed by atoms with Crippen LogP contribution in [0, 0.1) is 6.92 Å². The van der Waals surface area contributed by atoms with E-state index in [0.717, 1.165) is 5.82 Å². The summed E-state index contributed by atoms with van der Waals surface area (Å²) in [5.41, 5.74) is 1.81. The third kappa shape index (κ3) is 4.62. The Morgan fingerprint density at radius 3 is 2.69 bits per heavy atom. The number of carbonyl (C=O) groups excluding carboxylic acids is 1. The van der Waals surface area contributed by atoms with Crippen molar-refractivity contribution in [3.05, 3.63) is 53.9 Å². The average Bonchev–Trinajstić information content (AvgIpc) is 3.12. The largest absolute Gasteiger partial charge is 0.376 e. The molecule has 0 spiro atoms. The van der Waals surface area contributed by atoms with Crippen LogP contribution >= 0.6 is 0 Å². The lowest BCUT2D eigenvalue weighted by Crippen LogP contribution is -2.39. The third-order valence-corrected chi connectivity index (χ3v) is 6.67. The molecule has 0 aliphatic carbocycles. The lowest BCUT2D eigenvalue weighted by atomic mass is 10.1.